The van der Waals surface area contributed by atoms with Crippen LogP contribution in [-0.2, 0) is 25.8 Å². The molecule has 11 heteroatoms. The van der Waals surface area contributed by atoms with Crippen LogP contribution in [0.4, 0.5) is 13.2 Å². The Kier molecular flexibility index (Phi) is 6.95. The predicted octanol–water partition coefficient (Wildman–Crippen LogP) is 2.09. The quantitative estimate of drug-likeness (QED) is 0.744. The van der Waals surface area contributed by atoms with Gasteiger partial charge < -0.3 is 10.2 Å². The van der Waals surface area contributed by atoms with E-state index in [1.807, 2.05) is 0 Å². The Labute approximate surface area is 179 Å². The molecule has 1 N–H and O–H groups in total. The van der Waals surface area contributed by atoms with Crippen molar-refractivity contribution in [3.63, 3.8) is 0 Å². The number of rotatable bonds is 4. The van der Waals surface area contributed by atoms with Crippen molar-refractivity contribution in [2.45, 2.75) is 36.8 Å². The lowest BCUT2D eigenvalue weighted by atomic mass is 9.92. The first-order valence-corrected chi connectivity index (χ1v) is 11.7. The van der Waals surface area contributed by atoms with Gasteiger partial charge in [0, 0.05) is 45.1 Å². The van der Waals surface area contributed by atoms with Gasteiger partial charge in [-0.05, 0) is 43.9 Å². The van der Waals surface area contributed by atoms with Crippen LogP contribution in [0.25, 0.3) is 0 Å². The number of carbonyl (C=O) groups excluding carboxylic acids is 2. The third-order valence-corrected chi connectivity index (χ3v) is 7.92. The van der Waals surface area contributed by atoms with Gasteiger partial charge in [0.25, 0.3) is 0 Å². The van der Waals surface area contributed by atoms with E-state index in [0.717, 1.165) is 22.5 Å². The zero-order valence-electron chi connectivity index (χ0n) is 17.2. The van der Waals surface area contributed by atoms with Gasteiger partial charge in [0.15, 0.2) is 0 Å². The average Bonchev–Trinajstić information content (AvgIpc) is 2.77. The maximum absolute atomic E-state index is 12.9. The third kappa shape index (κ3) is 5.20. The van der Waals surface area contributed by atoms with E-state index in [1.54, 1.807) is 11.9 Å². The number of alkyl halides is 3. The molecule has 0 atom stereocenters. The smallest absolute Gasteiger partial charge is 0.359 e. The van der Waals surface area contributed by atoms with Crippen molar-refractivity contribution in [1.82, 2.24) is 14.5 Å². The van der Waals surface area contributed by atoms with Crippen molar-refractivity contribution in [3.05, 3.63) is 29.8 Å². The van der Waals surface area contributed by atoms with E-state index in [-0.39, 0.29) is 36.7 Å². The molecule has 31 heavy (non-hydrogen) atoms. The monoisotopic (exact) mass is 461 g/mol. The second-order valence-electron chi connectivity index (χ2n) is 7.92. The topological polar surface area (TPSA) is 86.8 Å². The van der Waals surface area contributed by atoms with E-state index in [9.17, 15) is 31.2 Å². The standard InChI is InChI=1S/C20H26F3N3O4S/c1-24-18(27)14-5-9-25(10-6-14)19(28)15-7-11-26(12-8-15)31(29,30)17-4-2-3-16(13-17)20(21,22)23/h2-4,13-15H,5-12H2,1H3,(H,24,27). The number of likely N-dealkylation sites (tertiary alicyclic amines) is 1. The van der Waals surface area contributed by atoms with Crippen LogP contribution >= 0.6 is 0 Å². The van der Waals surface area contributed by atoms with Crippen LogP contribution in [0.3, 0.4) is 0 Å². The van der Waals surface area contributed by atoms with Gasteiger partial charge in [-0.1, -0.05) is 6.07 Å². The van der Waals surface area contributed by atoms with Gasteiger partial charge in [0.1, 0.15) is 0 Å². The van der Waals surface area contributed by atoms with Crippen LogP contribution < -0.4 is 5.32 Å². The lowest BCUT2D eigenvalue weighted by Gasteiger charge is -2.36. The molecule has 2 aliphatic heterocycles. The molecule has 0 radical (unpaired) electrons. The molecular formula is C20H26F3N3O4S. The Hall–Kier alpha value is -2.14. The van der Waals surface area contributed by atoms with Crippen LogP contribution in [0.2, 0.25) is 0 Å². The molecule has 7 nitrogen and oxygen atoms in total. The maximum atomic E-state index is 12.9. The van der Waals surface area contributed by atoms with E-state index in [1.165, 1.54) is 0 Å². The first-order chi connectivity index (χ1) is 14.5. The van der Waals surface area contributed by atoms with Crippen molar-refractivity contribution in [2.75, 3.05) is 33.2 Å². The highest BCUT2D eigenvalue weighted by Gasteiger charge is 2.37. The van der Waals surface area contributed by atoms with E-state index < -0.39 is 26.7 Å². The number of nitrogens with one attached hydrogen (secondary N) is 1. The highest BCUT2D eigenvalue weighted by Crippen LogP contribution is 2.32. The van der Waals surface area contributed by atoms with E-state index in [4.69, 9.17) is 0 Å². The number of carbonyl (C=O) groups is 2. The van der Waals surface area contributed by atoms with Crippen LogP contribution in [0.15, 0.2) is 29.2 Å². The van der Waals surface area contributed by atoms with Crippen molar-refractivity contribution in [2.24, 2.45) is 11.8 Å². The van der Waals surface area contributed by atoms with Crippen LogP contribution in [0.1, 0.15) is 31.2 Å². The maximum Gasteiger partial charge on any atom is 0.416 e. The number of nitrogens with zero attached hydrogens (tertiary/aromatic N) is 2. The Bertz CT molecular complexity index is 920. The molecule has 2 fully saturated rings. The normalized spacial score (nSPS) is 19.9. The summed E-state index contributed by atoms with van der Waals surface area (Å²) >= 11 is 0. The summed E-state index contributed by atoms with van der Waals surface area (Å²) in [5.41, 5.74) is -1.02. The molecule has 2 amide bonds. The zero-order valence-corrected chi connectivity index (χ0v) is 18.0. The molecule has 1 aromatic carbocycles. The molecule has 1 aromatic rings. The van der Waals surface area contributed by atoms with E-state index >= 15 is 0 Å². The molecule has 0 aliphatic carbocycles. The minimum Gasteiger partial charge on any atom is -0.359 e. The molecule has 0 saturated carbocycles. The van der Waals surface area contributed by atoms with Crippen molar-refractivity contribution < 1.29 is 31.2 Å². The van der Waals surface area contributed by atoms with Crippen molar-refractivity contribution in [3.8, 4) is 0 Å². The Morgan fingerprint density at radius 2 is 1.58 bits per heavy atom. The van der Waals surface area contributed by atoms with Gasteiger partial charge in [0.2, 0.25) is 21.8 Å². The molecule has 0 spiro atoms. The SMILES string of the molecule is CNC(=O)C1CCN(C(=O)C2CCN(S(=O)(=O)c3cccc(C(F)(F)F)c3)CC2)CC1. The van der Waals surface area contributed by atoms with E-state index in [0.29, 0.717) is 44.8 Å². The number of sulfonamides is 1. The number of halogens is 3. The Morgan fingerprint density at radius 1 is 1.00 bits per heavy atom. The van der Waals surface area contributed by atoms with Crippen LogP contribution in [0.5, 0.6) is 0 Å². The molecule has 0 bridgehead atoms. The lowest BCUT2D eigenvalue weighted by Crippen LogP contribution is -2.47. The number of hydrogen-bond acceptors (Lipinski definition) is 4. The number of benzene rings is 1. The van der Waals surface area contributed by atoms with Crippen LogP contribution in [-0.4, -0.2) is 62.7 Å². The van der Waals surface area contributed by atoms with Gasteiger partial charge in [-0.15, -0.1) is 0 Å². The van der Waals surface area contributed by atoms with Crippen LogP contribution in [0, 0.1) is 11.8 Å². The van der Waals surface area contributed by atoms with Gasteiger partial charge in [-0.3, -0.25) is 9.59 Å². The fourth-order valence-electron chi connectivity index (χ4n) is 4.15. The summed E-state index contributed by atoms with van der Waals surface area (Å²) in [6, 6.07) is 3.70. The number of hydrogen-bond donors (Lipinski definition) is 1. The molecule has 3 rings (SSSR count). The molecule has 2 heterocycles. The minimum absolute atomic E-state index is 0.0276. The number of piperidine rings is 2. The van der Waals surface area contributed by atoms with Crippen molar-refractivity contribution >= 4 is 21.8 Å². The fourth-order valence-corrected chi connectivity index (χ4v) is 5.67. The fraction of sp³-hybridized carbons (Fsp3) is 0.600. The molecule has 2 aliphatic rings. The highest BCUT2D eigenvalue weighted by molar-refractivity contribution is 7.89. The molecular weight excluding hydrogens is 435 g/mol. The van der Waals surface area contributed by atoms with E-state index in [2.05, 4.69) is 5.32 Å². The zero-order chi connectivity index (χ0) is 22.8. The summed E-state index contributed by atoms with van der Waals surface area (Å²) in [5.74, 6) is -0.510. The van der Waals surface area contributed by atoms with Gasteiger partial charge >= 0.3 is 6.18 Å². The molecule has 0 unspecified atom stereocenters. The number of amides is 2. The second kappa shape index (κ2) is 9.15. The van der Waals surface area contributed by atoms with Crippen molar-refractivity contribution in [1.29, 1.82) is 0 Å². The Morgan fingerprint density at radius 3 is 2.13 bits per heavy atom. The molecule has 0 aromatic heterocycles. The first kappa shape index (κ1) is 23.5. The van der Waals surface area contributed by atoms with Gasteiger partial charge in [-0.25, -0.2) is 8.42 Å². The largest absolute Gasteiger partial charge is 0.416 e. The molecule has 172 valence electrons. The second-order valence-corrected chi connectivity index (χ2v) is 9.86. The summed E-state index contributed by atoms with van der Waals surface area (Å²) in [5, 5.41) is 2.62. The van der Waals surface area contributed by atoms with Gasteiger partial charge in [-0.2, -0.15) is 17.5 Å². The average molecular weight is 462 g/mol. The lowest BCUT2D eigenvalue weighted by molar-refractivity contribution is -0.140. The highest BCUT2D eigenvalue weighted by atomic mass is 32.2. The summed E-state index contributed by atoms with van der Waals surface area (Å²) in [7, 11) is -2.49. The van der Waals surface area contributed by atoms with Gasteiger partial charge in [0.05, 0.1) is 10.5 Å². The summed E-state index contributed by atoms with van der Waals surface area (Å²) in [6.45, 7) is 1.12. The first-order valence-electron chi connectivity index (χ1n) is 10.2. The Balaban J connectivity index is 1.59. The molecule has 2 saturated heterocycles. The summed E-state index contributed by atoms with van der Waals surface area (Å²) < 4.78 is 65.5. The summed E-state index contributed by atoms with van der Waals surface area (Å²) in [4.78, 5) is 25.9. The minimum atomic E-state index is -4.63. The summed E-state index contributed by atoms with van der Waals surface area (Å²) in [6.07, 6.45) is -2.82. The predicted molar refractivity (Wildman–Crippen MR) is 106 cm³/mol. The third-order valence-electron chi connectivity index (χ3n) is 6.03.